The van der Waals surface area contributed by atoms with Crippen LogP contribution in [0.15, 0.2) is 36.4 Å². The second-order valence-electron chi connectivity index (χ2n) is 7.10. The Morgan fingerprint density at radius 1 is 1.15 bits per heavy atom. The van der Waals surface area contributed by atoms with E-state index in [1.807, 2.05) is 12.1 Å². The zero-order valence-corrected chi connectivity index (χ0v) is 17.2. The van der Waals surface area contributed by atoms with E-state index in [4.69, 9.17) is 9.47 Å². The van der Waals surface area contributed by atoms with Crippen LogP contribution >= 0.6 is 12.4 Å². The van der Waals surface area contributed by atoms with Crippen LogP contribution in [-0.2, 0) is 12.8 Å². The first-order valence-corrected chi connectivity index (χ1v) is 9.29. The number of ether oxygens (including phenoxy) is 2. The molecule has 1 aliphatic carbocycles. The van der Waals surface area contributed by atoms with E-state index in [0.717, 1.165) is 43.0 Å². The second-order valence-corrected chi connectivity index (χ2v) is 7.10. The number of nitrogens with zero attached hydrogens (tertiary/aromatic N) is 1. The van der Waals surface area contributed by atoms with Gasteiger partial charge in [0.05, 0.1) is 14.2 Å². The minimum absolute atomic E-state index is 0. The van der Waals surface area contributed by atoms with Gasteiger partial charge >= 0.3 is 0 Å². The maximum Gasteiger partial charge on any atom is 0.164 e. The summed E-state index contributed by atoms with van der Waals surface area (Å²) >= 11 is 0. The van der Waals surface area contributed by atoms with E-state index in [1.165, 1.54) is 30.0 Å². The van der Waals surface area contributed by atoms with E-state index < -0.39 is 0 Å². The maximum absolute atomic E-state index is 13.3. The van der Waals surface area contributed by atoms with Gasteiger partial charge in [-0.25, -0.2) is 4.39 Å². The Morgan fingerprint density at radius 3 is 2.67 bits per heavy atom. The lowest BCUT2D eigenvalue weighted by Crippen LogP contribution is -2.28. The van der Waals surface area contributed by atoms with Gasteiger partial charge in [-0.05, 0) is 68.0 Å². The van der Waals surface area contributed by atoms with Crippen LogP contribution in [-0.4, -0.2) is 39.3 Å². The predicted molar refractivity (Wildman–Crippen MR) is 110 cm³/mol. The normalized spacial score (nSPS) is 15.8. The number of hydrogen-bond donors (Lipinski definition) is 0. The number of methoxy groups -OCH3 is 2. The van der Waals surface area contributed by atoms with Crippen molar-refractivity contribution in [3.8, 4) is 11.5 Å². The Bertz CT molecular complexity index is 753. The molecule has 0 amide bonds. The lowest BCUT2D eigenvalue weighted by Gasteiger charge is -2.31. The third-order valence-corrected chi connectivity index (χ3v) is 5.31. The molecular formula is C22H29ClFNO2. The van der Waals surface area contributed by atoms with Crippen molar-refractivity contribution in [3.05, 3.63) is 58.9 Å². The zero-order valence-electron chi connectivity index (χ0n) is 16.3. The number of halogens is 2. The maximum atomic E-state index is 13.3. The summed E-state index contributed by atoms with van der Waals surface area (Å²) in [5.74, 6) is 2.03. The Balaban J connectivity index is 0.00000261. The molecule has 0 aliphatic heterocycles. The molecule has 1 aliphatic rings. The third-order valence-electron chi connectivity index (χ3n) is 5.31. The molecule has 2 aromatic rings. The van der Waals surface area contributed by atoms with E-state index in [9.17, 15) is 4.39 Å². The summed E-state index contributed by atoms with van der Waals surface area (Å²) < 4.78 is 24.4. The minimum atomic E-state index is -0.160. The lowest BCUT2D eigenvalue weighted by molar-refractivity contribution is 0.297. The molecule has 0 saturated carbocycles. The van der Waals surface area contributed by atoms with Crippen molar-refractivity contribution in [1.82, 2.24) is 4.90 Å². The van der Waals surface area contributed by atoms with E-state index in [0.29, 0.717) is 5.92 Å². The van der Waals surface area contributed by atoms with E-state index in [2.05, 4.69) is 18.0 Å². The average Bonchev–Trinajstić information content (AvgIpc) is 2.65. The molecule has 0 spiro atoms. The molecule has 1 atom stereocenters. The van der Waals surface area contributed by atoms with Crippen molar-refractivity contribution in [2.45, 2.75) is 31.6 Å². The summed E-state index contributed by atoms with van der Waals surface area (Å²) in [4.78, 5) is 2.35. The van der Waals surface area contributed by atoms with Crippen molar-refractivity contribution in [3.63, 3.8) is 0 Å². The van der Waals surface area contributed by atoms with Crippen LogP contribution in [0.4, 0.5) is 4.39 Å². The fourth-order valence-electron chi connectivity index (χ4n) is 4.00. The lowest BCUT2D eigenvalue weighted by atomic mass is 9.82. The van der Waals surface area contributed by atoms with Crippen LogP contribution in [0.25, 0.3) is 0 Å². The van der Waals surface area contributed by atoms with Gasteiger partial charge in [0.15, 0.2) is 11.5 Å². The summed E-state index contributed by atoms with van der Waals surface area (Å²) in [6.07, 6.45) is 4.25. The molecule has 2 aromatic carbocycles. The smallest absolute Gasteiger partial charge is 0.164 e. The monoisotopic (exact) mass is 393 g/mol. The molecule has 3 rings (SSSR count). The number of hydrogen-bond acceptors (Lipinski definition) is 3. The van der Waals surface area contributed by atoms with Gasteiger partial charge < -0.3 is 14.4 Å². The molecule has 148 valence electrons. The van der Waals surface area contributed by atoms with Gasteiger partial charge in [0.1, 0.15) is 5.82 Å². The molecule has 5 heteroatoms. The molecule has 27 heavy (non-hydrogen) atoms. The molecule has 0 fully saturated rings. The number of rotatable bonds is 7. The highest BCUT2D eigenvalue weighted by atomic mass is 35.5. The molecule has 0 radical (unpaired) electrons. The van der Waals surface area contributed by atoms with Gasteiger partial charge in [-0.2, -0.15) is 0 Å². The Hall–Kier alpha value is -1.78. The summed E-state index contributed by atoms with van der Waals surface area (Å²) in [5.41, 5.74) is 3.72. The topological polar surface area (TPSA) is 21.7 Å². The van der Waals surface area contributed by atoms with Crippen molar-refractivity contribution in [2.24, 2.45) is 0 Å². The first kappa shape index (κ1) is 21.5. The van der Waals surface area contributed by atoms with Crippen molar-refractivity contribution in [2.75, 3.05) is 34.4 Å². The van der Waals surface area contributed by atoms with Crippen LogP contribution in [0.3, 0.4) is 0 Å². The number of likely N-dealkylation sites (N-methyl/N-ethyl adjacent to an activating group) is 1. The standard InChI is InChI=1S/C22H28FNO2.ClH/c1-24(13-12-16-6-4-8-18(23)14-16)15-17-7-5-9-20-19(17)10-11-21(25-2)22(20)26-3;/h4,6,8,10-11,14,17H,5,7,9,12-13,15H2,1-3H3;1H. The summed E-state index contributed by atoms with van der Waals surface area (Å²) in [6.45, 7) is 1.92. The van der Waals surface area contributed by atoms with Crippen LogP contribution in [0.2, 0.25) is 0 Å². The second kappa shape index (κ2) is 9.95. The van der Waals surface area contributed by atoms with Crippen molar-refractivity contribution < 1.29 is 13.9 Å². The largest absolute Gasteiger partial charge is 0.493 e. The Kier molecular flexibility index (Phi) is 7.93. The van der Waals surface area contributed by atoms with E-state index in [1.54, 1.807) is 26.4 Å². The van der Waals surface area contributed by atoms with Gasteiger partial charge in [0, 0.05) is 18.7 Å². The molecule has 0 N–H and O–H groups in total. The molecule has 0 heterocycles. The van der Waals surface area contributed by atoms with E-state index >= 15 is 0 Å². The first-order valence-electron chi connectivity index (χ1n) is 9.29. The molecule has 0 saturated heterocycles. The molecule has 3 nitrogen and oxygen atoms in total. The fraction of sp³-hybridized carbons (Fsp3) is 0.455. The molecule has 1 unspecified atom stereocenters. The van der Waals surface area contributed by atoms with Crippen LogP contribution in [0.5, 0.6) is 11.5 Å². The number of benzene rings is 2. The van der Waals surface area contributed by atoms with Gasteiger partial charge in [-0.15, -0.1) is 12.4 Å². The highest BCUT2D eigenvalue weighted by Gasteiger charge is 2.25. The molecular weight excluding hydrogens is 365 g/mol. The van der Waals surface area contributed by atoms with Gasteiger partial charge in [-0.1, -0.05) is 18.2 Å². The summed E-state index contributed by atoms with van der Waals surface area (Å²) in [6, 6.07) is 11.1. The van der Waals surface area contributed by atoms with Gasteiger partial charge in [-0.3, -0.25) is 0 Å². The van der Waals surface area contributed by atoms with Crippen LogP contribution in [0.1, 0.15) is 35.4 Å². The van der Waals surface area contributed by atoms with Crippen LogP contribution in [0, 0.1) is 5.82 Å². The Labute approximate surface area is 167 Å². The van der Waals surface area contributed by atoms with Crippen LogP contribution < -0.4 is 9.47 Å². The number of fused-ring (bicyclic) bond motifs is 1. The highest BCUT2D eigenvalue weighted by Crippen LogP contribution is 2.41. The summed E-state index contributed by atoms with van der Waals surface area (Å²) in [5, 5.41) is 0. The van der Waals surface area contributed by atoms with E-state index in [-0.39, 0.29) is 18.2 Å². The zero-order chi connectivity index (χ0) is 18.5. The Morgan fingerprint density at radius 2 is 1.96 bits per heavy atom. The van der Waals surface area contributed by atoms with Gasteiger partial charge in [0.2, 0.25) is 0 Å². The first-order chi connectivity index (χ1) is 12.6. The van der Waals surface area contributed by atoms with Crippen molar-refractivity contribution in [1.29, 1.82) is 0 Å². The predicted octanol–water partition coefficient (Wildman–Crippen LogP) is 4.86. The fourth-order valence-corrected chi connectivity index (χ4v) is 4.00. The quantitative estimate of drug-likeness (QED) is 0.670. The highest BCUT2D eigenvalue weighted by molar-refractivity contribution is 5.85. The van der Waals surface area contributed by atoms with Crippen molar-refractivity contribution >= 4 is 12.4 Å². The molecule has 0 aromatic heterocycles. The molecule has 0 bridgehead atoms. The average molecular weight is 394 g/mol. The summed E-state index contributed by atoms with van der Waals surface area (Å²) in [7, 11) is 5.55. The third kappa shape index (κ3) is 5.14. The minimum Gasteiger partial charge on any atom is -0.493 e. The van der Waals surface area contributed by atoms with Gasteiger partial charge in [0.25, 0.3) is 0 Å². The SMILES string of the molecule is COc1ccc2c(c1OC)CCCC2CN(C)CCc1cccc(F)c1.Cl.